The van der Waals surface area contributed by atoms with Gasteiger partial charge in [-0.3, -0.25) is 9.10 Å². The normalized spacial score (nSPS) is 23.2. The van der Waals surface area contributed by atoms with Crippen LogP contribution in [0.3, 0.4) is 0 Å². The van der Waals surface area contributed by atoms with Gasteiger partial charge >= 0.3 is 0 Å². The summed E-state index contributed by atoms with van der Waals surface area (Å²) in [6.07, 6.45) is 1.28. The average Bonchev–Trinajstić information content (AvgIpc) is 2.32. The molecule has 1 amide bonds. The predicted octanol–water partition coefficient (Wildman–Crippen LogP) is 3.82. The Labute approximate surface area is 124 Å². The first kappa shape index (κ1) is 14.3. The fraction of sp³-hybridized carbons (Fsp3) is 0.364. The molecule has 1 aliphatic rings. The number of halogens is 3. The lowest BCUT2D eigenvalue weighted by Gasteiger charge is -2.44. The van der Waals surface area contributed by atoms with Crippen LogP contribution >= 0.6 is 46.8 Å². The van der Waals surface area contributed by atoms with E-state index in [1.807, 2.05) is 6.26 Å². The molecule has 0 unspecified atom stereocenters. The minimum absolute atomic E-state index is 0.0813. The summed E-state index contributed by atoms with van der Waals surface area (Å²) >= 11 is 19.5. The zero-order chi connectivity index (χ0) is 13.4. The zero-order valence-corrected chi connectivity index (χ0v) is 12.7. The lowest BCUT2D eigenvalue weighted by molar-refractivity contribution is -0.158. The van der Waals surface area contributed by atoms with E-state index in [0.717, 1.165) is 0 Å². The Balaban J connectivity index is 2.44. The van der Waals surface area contributed by atoms with Crippen LogP contribution in [-0.2, 0) is 9.53 Å². The number of ether oxygens (including phenoxy) is 1. The molecule has 2 atom stereocenters. The summed E-state index contributed by atoms with van der Waals surface area (Å²) in [4.78, 5) is 11.8. The lowest BCUT2D eigenvalue weighted by Crippen LogP contribution is -2.56. The number of hydrogen-bond acceptors (Lipinski definition) is 3. The second-order valence-corrected chi connectivity index (χ2v) is 5.72. The number of carbonyl (C=O) groups is 1. The summed E-state index contributed by atoms with van der Waals surface area (Å²) in [5.74, 6) is -0.0813. The molecule has 1 aromatic carbocycles. The number of methoxy groups -OCH3 is 1. The van der Waals surface area contributed by atoms with Crippen molar-refractivity contribution in [3.05, 3.63) is 32.8 Å². The molecule has 0 saturated carbocycles. The molecule has 0 aromatic heterocycles. The van der Waals surface area contributed by atoms with E-state index in [1.165, 1.54) is 19.1 Å². The van der Waals surface area contributed by atoms with Gasteiger partial charge in [0.15, 0.2) is 6.10 Å². The molecule has 0 radical (unpaired) electrons. The lowest BCUT2D eigenvalue weighted by atomic mass is 9.93. The highest BCUT2D eigenvalue weighted by molar-refractivity contribution is 7.96. The predicted molar refractivity (Wildman–Crippen MR) is 75.4 cm³/mol. The number of benzene rings is 1. The second-order valence-electron chi connectivity index (χ2n) is 3.74. The Morgan fingerprint density at radius 2 is 2.00 bits per heavy atom. The number of nitrogens with zero attached hydrogens (tertiary/aromatic N) is 1. The van der Waals surface area contributed by atoms with Gasteiger partial charge in [0, 0.05) is 24.0 Å². The van der Waals surface area contributed by atoms with Crippen molar-refractivity contribution in [2.75, 3.05) is 13.4 Å². The fourth-order valence-corrected chi connectivity index (χ4v) is 3.42. The van der Waals surface area contributed by atoms with Gasteiger partial charge in [0.2, 0.25) is 0 Å². The van der Waals surface area contributed by atoms with E-state index < -0.39 is 6.10 Å². The third-order valence-electron chi connectivity index (χ3n) is 2.79. The largest absolute Gasteiger partial charge is 0.369 e. The van der Waals surface area contributed by atoms with E-state index in [2.05, 4.69) is 0 Å². The van der Waals surface area contributed by atoms with Crippen LogP contribution in [0.5, 0.6) is 0 Å². The van der Waals surface area contributed by atoms with Gasteiger partial charge in [-0.05, 0) is 12.1 Å². The first-order valence-corrected chi connectivity index (χ1v) is 7.37. The highest BCUT2D eigenvalue weighted by atomic mass is 35.5. The molecule has 1 fully saturated rings. The van der Waals surface area contributed by atoms with Gasteiger partial charge < -0.3 is 4.74 Å². The van der Waals surface area contributed by atoms with Gasteiger partial charge in [-0.15, -0.1) is 0 Å². The number of rotatable bonds is 3. The number of hydrogen-bond donors (Lipinski definition) is 0. The van der Waals surface area contributed by atoms with Crippen molar-refractivity contribution < 1.29 is 9.53 Å². The van der Waals surface area contributed by atoms with Crippen molar-refractivity contribution in [1.82, 2.24) is 4.31 Å². The van der Waals surface area contributed by atoms with E-state index >= 15 is 0 Å². The average molecular weight is 327 g/mol. The number of β-lactam (4-membered cyclic amide) rings is 1. The molecule has 98 valence electrons. The molecule has 1 aliphatic heterocycles. The quantitative estimate of drug-likeness (QED) is 0.480. The van der Waals surface area contributed by atoms with Crippen LogP contribution in [-0.4, -0.2) is 29.7 Å². The van der Waals surface area contributed by atoms with Gasteiger partial charge in [-0.1, -0.05) is 46.8 Å². The maximum Gasteiger partial charge on any atom is 0.264 e. The first-order chi connectivity index (χ1) is 8.51. The van der Waals surface area contributed by atoms with Gasteiger partial charge in [-0.25, -0.2) is 0 Å². The third-order valence-corrected chi connectivity index (χ3v) is 4.63. The van der Waals surface area contributed by atoms with E-state index in [4.69, 9.17) is 39.5 Å². The molecule has 0 bridgehead atoms. The van der Waals surface area contributed by atoms with E-state index in [-0.39, 0.29) is 11.9 Å². The van der Waals surface area contributed by atoms with Crippen molar-refractivity contribution in [3.63, 3.8) is 0 Å². The summed E-state index contributed by atoms with van der Waals surface area (Å²) in [5, 5.41) is 1.25. The zero-order valence-electron chi connectivity index (χ0n) is 9.62. The minimum Gasteiger partial charge on any atom is -0.369 e. The molecule has 18 heavy (non-hydrogen) atoms. The number of carbonyl (C=O) groups excluding carboxylic acids is 1. The van der Waals surface area contributed by atoms with Crippen molar-refractivity contribution in [1.29, 1.82) is 0 Å². The fourth-order valence-electron chi connectivity index (χ4n) is 1.95. The Morgan fingerprint density at radius 1 is 1.33 bits per heavy atom. The standard InChI is InChI=1S/C11H10Cl3NO2S/c1-17-10-9(15(18-2)11(10)16)6-3-5(12)4-7(13)8(6)14/h3-4,9-10H,1-2H3/t9-,10+/m0/s1. The van der Waals surface area contributed by atoms with Crippen LogP contribution < -0.4 is 0 Å². The van der Waals surface area contributed by atoms with Crippen LogP contribution in [0.15, 0.2) is 12.1 Å². The molecular formula is C11H10Cl3NO2S. The minimum atomic E-state index is -0.538. The molecule has 3 nitrogen and oxygen atoms in total. The van der Waals surface area contributed by atoms with Crippen molar-refractivity contribution in [3.8, 4) is 0 Å². The SMILES string of the molecule is CO[C@H]1C(=O)N(SC)[C@H]1c1cc(Cl)cc(Cl)c1Cl. The summed E-state index contributed by atoms with van der Waals surface area (Å²) < 4.78 is 6.78. The van der Waals surface area contributed by atoms with E-state index in [1.54, 1.807) is 16.4 Å². The summed E-state index contributed by atoms with van der Waals surface area (Å²) in [7, 11) is 1.49. The smallest absolute Gasteiger partial charge is 0.264 e. The van der Waals surface area contributed by atoms with Crippen LogP contribution in [0.25, 0.3) is 0 Å². The first-order valence-electron chi connectivity index (χ1n) is 5.05. The molecule has 7 heteroatoms. The topological polar surface area (TPSA) is 29.5 Å². The maximum atomic E-state index is 11.8. The molecular weight excluding hydrogens is 317 g/mol. The number of amides is 1. The monoisotopic (exact) mass is 325 g/mol. The van der Waals surface area contributed by atoms with Crippen molar-refractivity contribution in [2.45, 2.75) is 12.1 Å². The van der Waals surface area contributed by atoms with E-state index in [0.29, 0.717) is 20.6 Å². The molecule has 0 spiro atoms. The van der Waals surface area contributed by atoms with Gasteiger partial charge in [0.1, 0.15) is 6.04 Å². The van der Waals surface area contributed by atoms with Crippen LogP contribution in [0.1, 0.15) is 11.6 Å². The van der Waals surface area contributed by atoms with Crippen LogP contribution in [0.4, 0.5) is 0 Å². The Morgan fingerprint density at radius 3 is 2.56 bits per heavy atom. The van der Waals surface area contributed by atoms with Gasteiger partial charge in [-0.2, -0.15) is 0 Å². The Hall–Kier alpha value is -0.130. The Kier molecular flexibility index (Phi) is 4.34. The third kappa shape index (κ3) is 2.21. The van der Waals surface area contributed by atoms with Gasteiger partial charge in [0.25, 0.3) is 5.91 Å². The summed E-state index contributed by atoms with van der Waals surface area (Å²) in [5.41, 5.74) is 0.704. The van der Waals surface area contributed by atoms with Crippen molar-refractivity contribution in [2.24, 2.45) is 0 Å². The molecule has 2 rings (SSSR count). The van der Waals surface area contributed by atoms with E-state index in [9.17, 15) is 4.79 Å². The molecule has 1 aromatic rings. The van der Waals surface area contributed by atoms with Crippen LogP contribution in [0, 0.1) is 0 Å². The molecule has 0 N–H and O–H groups in total. The van der Waals surface area contributed by atoms with Crippen molar-refractivity contribution >= 4 is 52.7 Å². The molecule has 1 saturated heterocycles. The maximum absolute atomic E-state index is 11.8. The molecule has 0 aliphatic carbocycles. The summed E-state index contributed by atoms with van der Waals surface area (Å²) in [6, 6.07) is 3.02. The van der Waals surface area contributed by atoms with Gasteiger partial charge in [0.05, 0.1) is 10.0 Å². The van der Waals surface area contributed by atoms with Crippen LogP contribution in [0.2, 0.25) is 15.1 Å². The second kappa shape index (κ2) is 5.47. The highest BCUT2D eigenvalue weighted by Gasteiger charge is 2.49. The summed E-state index contributed by atoms with van der Waals surface area (Å²) in [6.45, 7) is 0. The molecule has 1 heterocycles. The highest BCUT2D eigenvalue weighted by Crippen LogP contribution is 2.45. The Bertz CT molecular complexity index is 483.